The molecule has 7 nitrogen and oxygen atoms in total. The number of aliphatic hydroxyl groups excluding tert-OH is 1. The van der Waals surface area contributed by atoms with E-state index in [1.165, 1.54) is 17.0 Å². The van der Waals surface area contributed by atoms with Gasteiger partial charge in [0.15, 0.2) is 0 Å². The maximum Gasteiger partial charge on any atom is 0.323 e. The van der Waals surface area contributed by atoms with E-state index in [0.29, 0.717) is 31.4 Å². The fourth-order valence-electron chi connectivity index (χ4n) is 5.08. The number of aliphatic carboxylic acids is 1. The van der Waals surface area contributed by atoms with Crippen LogP contribution in [0.4, 0.5) is 10.1 Å². The number of halogens is 1. The summed E-state index contributed by atoms with van der Waals surface area (Å²) in [5.74, 6) is -1.15. The highest BCUT2D eigenvalue weighted by Gasteiger charge is 2.33. The lowest BCUT2D eigenvalue weighted by Crippen LogP contribution is -2.39. The summed E-state index contributed by atoms with van der Waals surface area (Å²) < 4.78 is 19.1. The van der Waals surface area contributed by atoms with E-state index in [1.807, 2.05) is 32.0 Å². The van der Waals surface area contributed by atoms with Gasteiger partial charge in [-0.2, -0.15) is 0 Å². The Morgan fingerprint density at radius 2 is 1.83 bits per heavy atom. The molecule has 1 heterocycles. The summed E-state index contributed by atoms with van der Waals surface area (Å²) in [6.45, 7) is 3.86. The Kier molecular flexibility index (Phi) is 7.31. The molecule has 188 valence electrons. The molecule has 0 radical (unpaired) electrons. The standard InChI is InChI=1S/C27H33FN2O5/c1-27(2)14-19-13-17(3-12-24(19)35-27)15-30(16-25(32)33)26(34)18-4-10-22(23(31)11-5-18)29-21-8-6-20(28)7-9-21/h3,6-9,12-13,18,22-23,29,31H,4-5,10-11,14-16H2,1-2H3,(H,32,33)/t18-,22+,23+/m1/s1. The average molecular weight is 485 g/mol. The number of benzene rings is 2. The molecule has 1 fully saturated rings. The summed E-state index contributed by atoms with van der Waals surface area (Å²) in [7, 11) is 0. The number of aliphatic hydroxyl groups is 1. The molecule has 1 aliphatic heterocycles. The van der Waals surface area contributed by atoms with Gasteiger partial charge in [-0.05, 0) is 81.0 Å². The number of carboxylic acids is 1. The van der Waals surface area contributed by atoms with Crippen LogP contribution >= 0.6 is 0 Å². The third-order valence-electron chi connectivity index (χ3n) is 6.79. The van der Waals surface area contributed by atoms with Crippen LogP contribution in [-0.4, -0.2) is 51.3 Å². The first-order valence-electron chi connectivity index (χ1n) is 12.1. The number of hydrogen-bond acceptors (Lipinski definition) is 5. The average Bonchev–Trinajstić information content (AvgIpc) is 2.99. The van der Waals surface area contributed by atoms with Crippen LogP contribution in [-0.2, 0) is 22.6 Å². The highest BCUT2D eigenvalue weighted by Crippen LogP contribution is 2.35. The Morgan fingerprint density at radius 3 is 2.54 bits per heavy atom. The van der Waals surface area contributed by atoms with Gasteiger partial charge in [0.2, 0.25) is 5.91 Å². The van der Waals surface area contributed by atoms with E-state index < -0.39 is 12.1 Å². The Bertz CT molecular complexity index is 1070. The van der Waals surface area contributed by atoms with Crippen LogP contribution in [0, 0.1) is 11.7 Å². The van der Waals surface area contributed by atoms with E-state index in [2.05, 4.69) is 5.32 Å². The molecule has 0 bridgehead atoms. The second-order valence-electron chi connectivity index (χ2n) is 10.2. The molecule has 3 atom stereocenters. The van der Waals surface area contributed by atoms with Gasteiger partial charge in [0.1, 0.15) is 23.7 Å². The maximum absolute atomic E-state index is 13.4. The molecule has 2 aliphatic rings. The molecule has 0 spiro atoms. The Morgan fingerprint density at radius 1 is 1.11 bits per heavy atom. The molecular formula is C27H33FN2O5. The van der Waals surface area contributed by atoms with Gasteiger partial charge in [-0.3, -0.25) is 9.59 Å². The quantitative estimate of drug-likeness (QED) is 0.514. The number of amides is 1. The topological polar surface area (TPSA) is 99.1 Å². The summed E-state index contributed by atoms with van der Waals surface area (Å²) in [6, 6.07) is 11.4. The van der Waals surface area contributed by atoms with Crippen molar-refractivity contribution in [2.45, 2.75) is 70.2 Å². The molecule has 1 aliphatic carbocycles. The summed E-state index contributed by atoms with van der Waals surface area (Å²) in [6.07, 6.45) is 2.06. The lowest BCUT2D eigenvalue weighted by molar-refractivity contribution is -0.147. The second kappa shape index (κ2) is 10.2. The van der Waals surface area contributed by atoms with Crippen molar-refractivity contribution < 1.29 is 28.9 Å². The lowest BCUT2D eigenvalue weighted by atomic mass is 9.97. The van der Waals surface area contributed by atoms with Crippen molar-refractivity contribution in [3.63, 3.8) is 0 Å². The molecule has 1 amide bonds. The van der Waals surface area contributed by atoms with Crippen LogP contribution in [0.1, 0.15) is 50.7 Å². The predicted molar refractivity (Wildman–Crippen MR) is 130 cm³/mol. The number of anilines is 1. The Balaban J connectivity index is 1.43. The number of nitrogens with one attached hydrogen (secondary N) is 1. The zero-order chi connectivity index (χ0) is 25.2. The molecule has 8 heteroatoms. The molecule has 2 aromatic rings. The first kappa shape index (κ1) is 25.0. The molecule has 3 N–H and O–H groups in total. The maximum atomic E-state index is 13.4. The first-order chi connectivity index (χ1) is 16.6. The zero-order valence-corrected chi connectivity index (χ0v) is 20.2. The minimum Gasteiger partial charge on any atom is -0.487 e. The Labute approximate surface area is 204 Å². The number of nitrogens with zero attached hydrogens (tertiary/aromatic N) is 1. The largest absolute Gasteiger partial charge is 0.487 e. The van der Waals surface area contributed by atoms with E-state index in [-0.39, 0.29) is 42.4 Å². The predicted octanol–water partition coefficient (Wildman–Crippen LogP) is 3.98. The highest BCUT2D eigenvalue weighted by atomic mass is 19.1. The van der Waals surface area contributed by atoms with Crippen LogP contribution < -0.4 is 10.1 Å². The number of carbonyl (C=O) groups is 2. The number of fused-ring (bicyclic) bond motifs is 1. The van der Waals surface area contributed by atoms with E-state index in [4.69, 9.17) is 4.74 Å². The van der Waals surface area contributed by atoms with Crippen molar-refractivity contribution in [3.8, 4) is 5.75 Å². The van der Waals surface area contributed by atoms with Crippen LogP contribution in [0.25, 0.3) is 0 Å². The van der Waals surface area contributed by atoms with Crippen molar-refractivity contribution in [1.29, 1.82) is 0 Å². The summed E-state index contributed by atoms with van der Waals surface area (Å²) in [4.78, 5) is 26.4. The van der Waals surface area contributed by atoms with E-state index in [1.54, 1.807) is 12.1 Å². The third kappa shape index (κ3) is 6.31. The van der Waals surface area contributed by atoms with E-state index in [9.17, 15) is 24.2 Å². The zero-order valence-electron chi connectivity index (χ0n) is 20.2. The summed E-state index contributed by atoms with van der Waals surface area (Å²) in [5.41, 5.74) is 2.35. The van der Waals surface area contributed by atoms with Crippen LogP contribution in [0.15, 0.2) is 42.5 Å². The molecule has 0 saturated heterocycles. The molecule has 4 rings (SSSR count). The monoisotopic (exact) mass is 484 g/mol. The van der Waals surface area contributed by atoms with Crippen LogP contribution in [0.2, 0.25) is 0 Å². The van der Waals surface area contributed by atoms with E-state index in [0.717, 1.165) is 23.3 Å². The van der Waals surface area contributed by atoms with Crippen LogP contribution in [0.3, 0.4) is 0 Å². The molecule has 1 saturated carbocycles. The number of carboxylic acid groups (broad SMARTS) is 1. The molecule has 0 unspecified atom stereocenters. The molecular weight excluding hydrogens is 451 g/mol. The van der Waals surface area contributed by atoms with Crippen molar-refractivity contribution in [2.24, 2.45) is 5.92 Å². The van der Waals surface area contributed by atoms with Gasteiger partial charge in [0.25, 0.3) is 0 Å². The van der Waals surface area contributed by atoms with Gasteiger partial charge in [-0.1, -0.05) is 12.1 Å². The molecule has 35 heavy (non-hydrogen) atoms. The fourth-order valence-corrected chi connectivity index (χ4v) is 5.08. The van der Waals surface area contributed by atoms with Gasteiger partial charge < -0.3 is 25.2 Å². The van der Waals surface area contributed by atoms with Crippen LogP contribution in [0.5, 0.6) is 5.75 Å². The Hall–Kier alpha value is -3.13. The molecule has 0 aromatic heterocycles. The van der Waals surface area contributed by atoms with Crippen molar-refractivity contribution in [1.82, 2.24) is 4.90 Å². The highest BCUT2D eigenvalue weighted by molar-refractivity contribution is 5.83. The van der Waals surface area contributed by atoms with Crippen molar-refractivity contribution in [3.05, 3.63) is 59.4 Å². The molecule has 2 aromatic carbocycles. The number of carbonyl (C=O) groups excluding carboxylic acids is 1. The fraction of sp³-hybridized carbons (Fsp3) is 0.481. The van der Waals surface area contributed by atoms with Gasteiger partial charge in [-0.15, -0.1) is 0 Å². The second-order valence-corrected chi connectivity index (χ2v) is 10.2. The SMILES string of the molecule is CC1(C)Cc2cc(CN(CC(=O)O)C(=O)[C@@H]3CC[C@H](Nc4ccc(F)cc4)[C@@H](O)CC3)ccc2O1. The van der Waals surface area contributed by atoms with Gasteiger partial charge in [-0.25, -0.2) is 4.39 Å². The first-order valence-corrected chi connectivity index (χ1v) is 12.1. The van der Waals surface area contributed by atoms with Crippen molar-refractivity contribution >= 4 is 17.6 Å². The van der Waals surface area contributed by atoms with Crippen molar-refractivity contribution in [2.75, 3.05) is 11.9 Å². The summed E-state index contributed by atoms with van der Waals surface area (Å²) in [5, 5.41) is 23.4. The minimum atomic E-state index is -1.06. The minimum absolute atomic E-state index is 0.204. The van der Waals surface area contributed by atoms with Gasteiger partial charge in [0.05, 0.1) is 12.1 Å². The summed E-state index contributed by atoms with van der Waals surface area (Å²) >= 11 is 0. The number of hydrogen-bond donors (Lipinski definition) is 3. The smallest absolute Gasteiger partial charge is 0.323 e. The number of ether oxygens (including phenoxy) is 1. The van der Waals surface area contributed by atoms with Gasteiger partial charge in [0, 0.05) is 24.6 Å². The van der Waals surface area contributed by atoms with E-state index >= 15 is 0 Å². The number of rotatable bonds is 7. The lowest BCUT2D eigenvalue weighted by Gasteiger charge is -2.26. The normalized spacial score (nSPS) is 23.0. The van der Waals surface area contributed by atoms with Gasteiger partial charge >= 0.3 is 5.97 Å². The third-order valence-corrected chi connectivity index (χ3v) is 6.79.